The average molecular weight is 241 g/mol. The van der Waals surface area contributed by atoms with Crippen LogP contribution >= 0.6 is 11.3 Å². The molecule has 4 nitrogen and oxygen atoms in total. The molecule has 0 saturated carbocycles. The minimum atomic E-state index is -0.0258. The largest absolute Gasteiger partial charge is 0.409 e. The quantitative estimate of drug-likeness (QED) is 0.360. The first-order valence-corrected chi connectivity index (χ1v) is 6.22. The summed E-state index contributed by atoms with van der Waals surface area (Å²) in [4.78, 5) is 3.41. The Labute approximate surface area is 100 Å². The number of likely N-dealkylation sites (N-methyl/N-ethyl adjacent to an activating group) is 1. The summed E-state index contributed by atoms with van der Waals surface area (Å²) in [6.07, 6.45) is 0.822. The molecule has 0 spiro atoms. The molecule has 0 amide bonds. The van der Waals surface area contributed by atoms with Crippen LogP contribution in [0.25, 0.3) is 0 Å². The number of nitrogens with zero attached hydrogens (tertiary/aromatic N) is 2. The molecule has 0 saturated heterocycles. The van der Waals surface area contributed by atoms with Gasteiger partial charge in [-0.2, -0.15) is 0 Å². The van der Waals surface area contributed by atoms with Crippen molar-refractivity contribution in [1.29, 1.82) is 0 Å². The predicted molar refractivity (Wildman–Crippen MR) is 68.0 cm³/mol. The minimum absolute atomic E-state index is 0.0258. The van der Waals surface area contributed by atoms with Crippen LogP contribution in [0.4, 0.5) is 0 Å². The van der Waals surface area contributed by atoms with Gasteiger partial charge in [0.15, 0.2) is 5.84 Å². The smallest absolute Gasteiger partial charge is 0.156 e. The van der Waals surface area contributed by atoms with E-state index in [0.29, 0.717) is 0 Å². The molecule has 1 rings (SSSR count). The van der Waals surface area contributed by atoms with Crippen molar-refractivity contribution in [2.75, 3.05) is 7.05 Å². The van der Waals surface area contributed by atoms with Crippen LogP contribution in [0.15, 0.2) is 22.7 Å². The molecular formula is C11H19N3OS. The maximum atomic E-state index is 8.74. The molecule has 0 fully saturated rings. The second kappa shape index (κ2) is 5.86. The van der Waals surface area contributed by atoms with Crippen molar-refractivity contribution in [3.05, 3.63) is 22.4 Å². The fourth-order valence-corrected chi connectivity index (χ4v) is 2.61. The summed E-state index contributed by atoms with van der Waals surface area (Å²) in [5.41, 5.74) is 5.68. The summed E-state index contributed by atoms with van der Waals surface area (Å²) in [7, 11) is 2.00. The fraction of sp³-hybridized carbons (Fsp3) is 0.545. The van der Waals surface area contributed by atoms with Crippen molar-refractivity contribution in [3.63, 3.8) is 0 Å². The van der Waals surface area contributed by atoms with Gasteiger partial charge in [-0.3, -0.25) is 4.90 Å². The highest BCUT2D eigenvalue weighted by molar-refractivity contribution is 7.10. The van der Waals surface area contributed by atoms with Gasteiger partial charge in [-0.1, -0.05) is 18.1 Å². The first kappa shape index (κ1) is 13.0. The molecule has 1 aromatic rings. The Kier molecular flexibility index (Phi) is 4.76. The number of thiophene rings is 1. The van der Waals surface area contributed by atoms with Crippen molar-refractivity contribution < 1.29 is 5.21 Å². The topological polar surface area (TPSA) is 61.9 Å². The molecule has 1 aromatic heterocycles. The first-order chi connectivity index (χ1) is 7.61. The van der Waals surface area contributed by atoms with Gasteiger partial charge in [0.25, 0.3) is 0 Å². The van der Waals surface area contributed by atoms with Gasteiger partial charge in [0.1, 0.15) is 0 Å². The Bertz CT molecular complexity index is 337. The highest BCUT2D eigenvalue weighted by Crippen LogP contribution is 2.25. The van der Waals surface area contributed by atoms with E-state index in [1.54, 1.807) is 11.3 Å². The van der Waals surface area contributed by atoms with Gasteiger partial charge in [0, 0.05) is 10.9 Å². The number of rotatable bonds is 5. The van der Waals surface area contributed by atoms with Crippen LogP contribution in [0.3, 0.4) is 0 Å². The second-order valence-electron chi connectivity index (χ2n) is 3.81. The zero-order valence-corrected chi connectivity index (χ0v) is 10.7. The van der Waals surface area contributed by atoms with Crippen LogP contribution in [-0.4, -0.2) is 29.0 Å². The maximum Gasteiger partial charge on any atom is 0.156 e. The highest BCUT2D eigenvalue weighted by atomic mass is 32.1. The lowest BCUT2D eigenvalue weighted by molar-refractivity contribution is 0.219. The molecule has 0 aliphatic rings. The van der Waals surface area contributed by atoms with Crippen LogP contribution in [0.1, 0.15) is 31.2 Å². The number of amidine groups is 1. The molecular weight excluding hydrogens is 222 g/mol. The molecule has 1 heterocycles. The van der Waals surface area contributed by atoms with Crippen molar-refractivity contribution in [1.82, 2.24) is 4.90 Å². The van der Waals surface area contributed by atoms with Crippen LogP contribution in [0, 0.1) is 0 Å². The van der Waals surface area contributed by atoms with E-state index in [2.05, 4.69) is 28.4 Å². The number of hydrogen-bond donors (Lipinski definition) is 2. The average Bonchev–Trinajstić information content (AvgIpc) is 2.81. The van der Waals surface area contributed by atoms with E-state index >= 15 is 0 Å². The SMILES string of the molecule is CCC(C(N)=NO)N(C)C(C)c1cccs1. The number of hydrogen-bond acceptors (Lipinski definition) is 4. The number of oxime groups is 1. The molecule has 2 unspecified atom stereocenters. The van der Waals surface area contributed by atoms with E-state index in [0.717, 1.165) is 6.42 Å². The summed E-state index contributed by atoms with van der Waals surface area (Å²) in [5.74, 6) is 0.272. The molecule has 0 aliphatic carbocycles. The van der Waals surface area contributed by atoms with Crippen LogP contribution in [-0.2, 0) is 0 Å². The molecule has 0 bridgehead atoms. The van der Waals surface area contributed by atoms with Gasteiger partial charge < -0.3 is 10.9 Å². The summed E-state index contributed by atoms with van der Waals surface area (Å²) >= 11 is 1.72. The molecule has 2 atom stereocenters. The Balaban J connectivity index is 2.79. The van der Waals surface area contributed by atoms with Gasteiger partial charge in [-0.05, 0) is 31.8 Å². The third-order valence-corrected chi connectivity index (χ3v) is 3.94. The van der Waals surface area contributed by atoms with Crippen molar-refractivity contribution in [2.45, 2.75) is 32.4 Å². The summed E-state index contributed by atoms with van der Waals surface area (Å²) < 4.78 is 0. The van der Waals surface area contributed by atoms with Crippen molar-refractivity contribution >= 4 is 17.2 Å². The lowest BCUT2D eigenvalue weighted by Gasteiger charge is -2.31. The Hall–Kier alpha value is -1.07. The lowest BCUT2D eigenvalue weighted by Crippen LogP contribution is -2.43. The normalized spacial score (nSPS) is 16.4. The molecule has 16 heavy (non-hydrogen) atoms. The van der Waals surface area contributed by atoms with E-state index in [-0.39, 0.29) is 17.9 Å². The summed E-state index contributed by atoms with van der Waals surface area (Å²) in [6, 6.07) is 4.38. The molecule has 0 radical (unpaired) electrons. The first-order valence-electron chi connectivity index (χ1n) is 5.34. The van der Waals surface area contributed by atoms with E-state index < -0.39 is 0 Å². The third-order valence-electron chi connectivity index (χ3n) is 2.90. The molecule has 5 heteroatoms. The Morgan fingerprint density at radius 1 is 1.69 bits per heavy atom. The minimum Gasteiger partial charge on any atom is -0.409 e. The molecule has 90 valence electrons. The van der Waals surface area contributed by atoms with Crippen molar-refractivity contribution in [2.24, 2.45) is 10.9 Å². The van der Waals surface area contributed by atoms with E-state index in [9.17, 15) is 0 Å². The van der Waals surface area contributed by atoms with Gasteiger partial charge in [-0.25, -0.2) is 0 Å². The highest BCUT2D eigenvalue weighted by Gasteiger charge is 2.23. The molecule has 0 aliphatic heterocycles. The predicted octanol–water partition coefficient (Wildman–Crippen LogP) is 2.27. The van der Waals surface area contributed by atoms with E-state index in [1.807, 2.05) is 20.0 Å². The van der Waals surface area contributed by atoms with E-state index in [4.69, 9.17) is 10.9 Å². The van der Waals surface area contributed by atoms with Crippen LogP contribution < -0.4 is 5.73 Å². The third kappa shape index (κ3) is 2.74. The summed E-state index contributed by atoms with van der Waals surface area (Å²) in [6.45, 7) is 4.15. The second-order valence-corrected chi connectivity index (χ2v) is 4.79. The Morgan fingerprint density at radius 3 is 2.81 bits per heavy atom. The lowest BCUT2D eigenvalue weighted by atomic mass is 10.1. The standard InChI is InChI=1S/C11H19N3OS/c1-4-9(11(12)13-15)14(3)8(2)10-6-5-7-16-10/h5-9,15H,4H2,1-3H3,(H2,12,13). The summed E-state index contributed by atoms with van der Waals surface area (Å²) in [5, 5.41) is 13.9. The van der Waals surface area contributed by atoms with E-state index in [1.165, 1.54) is 4.88 Å². The Morgan fingerprint density at radius 2 is 2.38 bits per heavy atom. The maximum absolute atomic E-state index is 8.74. The van der Waals surface area contributed by atoms with Gasteiger partial charge in [0.2, 0.25) is 0 Å². The van der Waals surface area contributed by atoms with Crippen molar-refractivity contribution in [3.8, 4) is 0 Å². The monoisotopic (exact) mass is 241 g/mol. The molecule has 0 aromatic carbocycles. The van der Waals surface area contributed by atoms with Gasteiger partial charge in [0.05, 0.1) is 6.04 Å². The van der Waals surface area contributed by atoms with Gasteiger partial charge >= 0.3 is 0 Å². The zero-order valence-electron chi connectivity index (χ0n) is 9.92. The van der Waals surface area contributed by atoms with Crippen LogP contribution in [0.2, 0.25) is 0 Å². The van der Waals surface area contributed by atoms with Crippen LogP contribution in [0.5, 0.6) is 0 Å². The molecule has 3 N–H and O–H groups in total. The van der Waals surface area contributed by atoms with Gasteiger partial charge in [-0.15, -0.1) is 11.3 Å². The fourth-order valence-electron chi connectivity index (χ4n) is 1.77. The zero-order chi connectivity index (χ0) is 12.1. The number of nitrogens with two attached hydrogens (primary N) is 1.